The third-order valence-corrected chi connectivity index (χ3v) is 8.70. The van der Waals surface area contributed by atoms with Crippen LogP contribution in [0.2, 0.25) is 0 Å². The summed E-state index contributed by atoms with van der Waals surface area (Å²) >= 11 is 1.49. The molecule has 198 valence electrons. The van der Waals surface area contributed by atoms with E-state index in [-0.39, 0.29) is 35.6 Å². The zero-order valence-corrected chi connectivity index (χ0v) is 22.3. The van der Waals surface area contributed by atoms with Crippen molar-refractivity contribution in [2.45, 2.75) is 75.4 Å². The molecule has 1 aliphatic heterocycles. The second kappa shape index (κ2) is 11.1. The number of benzene rings is 2. The fourth-order valence-electron chi connectivity index (χ4n) is 4.81. The predicted octanol–water partition coefficient (Wildman–Crippen LogP) is 2.75. The Morgan fingerprint density at radius 3 is 2.46 bits per heavy atom. The maximum absolute atomic E-state index is 13.7. The number of phenols is 1. The molecule has 2 aromatic carbocycles. The number of aromatic hydroxyl groups is 1. The molecule has 1 heterocycles. The zero-order chi connectivity index (χ0) is 26.7. The molecule has 8 nitrogen and oxygen atoms in total. The van der Waals surface area contributed by atoms with Crippen LogP contribution in [0.3, 0.4) is 0 Å². The first-order valence-corrected chi connectivity index (χ1v) is 13.6. The van der Waals surface area contributed by atoms with Crippen molar-refractivity contribution >= 4 is 29.5 Å². The molecule has 2 aliphatic rings. The smallest absolute Gasteiger partial charge is 0.254 e. The van der Waals surface area contributed by atoms with Crippen molar-refractivity contribution < 1.29 is 24.6 Å². The number of rotatable bonds is 8. The number of carbonyl (C=O) groups is 3. The third-order valence-electron chi connectivity index (χ3n) is 7.33. The van der Waals surface area contributed by atoms with Crippen LogP contribution in [0.4, 0.5) is 0 Å². The SMILES string of the molecule is Cc1c(O)cccc1C(=O)N[C@@H](Cc1ccccc1)[C@H](O)C(=O)N1CSC(C)(C)[C@H]1C(=O)NC1CCC1. The molecular weight excluding hydrogens is 490 g/mol. The highest BCUT2D eigenvalue weighted by molar-refractivity contribution is 8.00. The first kappa shape index (κ1) is 27.0. The van der Waals surface area contributed by atoms with Gasteiger partial charge in [-0.25, -0.2) is 0 Å². The van der Waals surface area contributed by atoms with Gasteiger partial charge in [-0.2, -0.15) is 0 Å². The van der Waals surface area contributed by atoms with Gasteiger partial charge in [0.05, 0.1) is 11.9 Å². The van der Waals surface area contributed by atoms with Crippen molar-refractivity contribution in [2.75, 3.05) is 5.88 Å². The Kier molecular flexibility index (Phi) is 8.14. The topological polar surface area (TPSA) is 119 Å². The maximum atomic E-state index is 13.7. The van der Waals surface area contributed by atoms with Gasteiger partial charge in [0.25, 0.3) is 11.8 Å². The summed E-state index contributed by atoms with van der Waals surface area (Å²) in [5.41, 5.74) is 1.50. The Hall–Kier alpha value is -3.04. The van der Waals surface area contributed by atoms with Crippen molar-refractivity contribution in [3.05, 3.63) is 65.2 Å². The summed E-state index contributed by atoms with van der Waals surface area (Å²) in [5.74, 6) is -1.05. The van der Waals surface area contributed by atoms with Crippen molar-refractivity contribution in [3.63, 3.8) is 0 Å². The van der Waals surface area contributed by atoms with Gasteiger partial charge in [0.2, 0.25) is 5.91 Å². The molecule has 2 fully saturated rings. The second-order valence-corrected chi connectivity index (χ2v) is 12.0. The molecule has 4 N–H and O–H groups in total. The number of aliphatic hydroxyl groups is 1. The lowest BCUT2D eigenvalue weighted by Crippen LogP contribution is -2.60. The summed E-state index contributed by atoms with van der Waals surface area (Å²) in [6.45, 7) is 5.49. The number of aliphatic hydroxyl groups excluding tert-OH is 1. The fourth-order valence-corrected chi connectivity index (χ4v) is 5.95. The molecule has 2 aromatic rings. The summed E-state index contributed by atoms with van der Waals surface area (Å²) in [7, 11) is 0. The number of nitrogens with zero attached hydrogens (tertiary/aromatic N) is 1. The largest absolute Gasteiger partial charge is 0.508 e. The standard InChI is InChI=1S/C28H35N3O5S/c1-17-20(13-8-14-22(17)32)25(34)30-21(15-18-9-5-4-6-10-18)23(33)27(36)31-16-37-28(2,3)24(31)26(35)29-19-11-7-12-19/h4-6,8-10,13-14,19,21,23-24,32-33H,7,11-12,15-16H2,1-3H3,(H,29,35)(H,30,34)/t21-,23-,24+/m0/s1. The van der Waals surface area contributed by atoms with Gasteiger partial charge in [0.15, 0.2) is 6.10 Å². The van der Waals surface area contributed by atoms with Crippen LogP contribution in [0.5, 0.6) is 5.75 Å². The van der Waals surface area contributed by atoms with Crippen LogP contribution in [0.25, 0.3) is 0 Å². The molecule has 0 unspecified atom stereocenters. The fraction of sp³-hybridized carbons (Fsp3) is 0.464. The van der Waals surface area contributed by atoms with Crippen LogP contribution in [-0.2, 0) is 16.0 Å². The summed E-state index contributed by atoms with van der Waals surface area (Å²) in [5, 5.41) is 27.2. The average Bonchev–Trinajstić information content (AvgIpc) is 3.17. The van der Waals surface area contributed by atoms with E-state index in [1.54, 1.807) is 19.1 Å². The van der Waals surface area contributed by atoms with E-state index in [1.165, 1.54) is 22.7 Å². The lowest BCUT2D eigenvalue weighted by Gasteiger charge is -2.35. The third kappa shape index (κ3) is 5.93. The highest BCUT2D eigenvalue weighted by atomic mass is 32.2. The number of hydrogen-bond donors (Lipinski definition) is 4. The van der Waals surface area contributed by atoms with Gasteiger partial charge in [-0.05, 0) is 64.2 Å². The molecule has 1 saturated heterocycles. The molecule has 9 heteroatoms. The van der Waals surface area contributed by atoms with Gasteiger partial charge in [-0.15, -0.1) is 11.8 Å². The van der Waals surface area contributed by atoms with E-state index < -0.39 is 34.7 Å². The molecule has 0 spiro atoms. The molecule has 0 aromatic heterocycles. The predicted molar refractivity (Wildman–Crippen MR) is 143 cm³/mol. The van der Waals surface area contributed by atoms with E-state index in [2.05, 4.69) is 10.6 Å². The Bertz CT molecular complexity index is 1150. The summed E-state index contributed by atoms with van der Waals surface area (Å²) in [4.78, 5) is 41.5. The van der Waals surface area contributed by atoms with Crippen molar-refractivity contribution in [1.82, 2.24) is 15.5 Å². The maximum Gasteiger partial charge on any atom is 0.254 e. The van der Waals surface area contributed by atoms with Crippen LogP contribution in [0.1, 0.15) is 54.6 Å². The number of carbonyl (C=O) groups excluding carboxylic acids is 3. The van der Waals surface area contributed by atoms with E-state index in [9.17, 15) is 24.6 Å². The van der Waals surface area contributed by atoms with Crippen molar-refractivity contribution in [1.29, 1.82) is 0 Å². The minimum Gasteiger partial charge on any atom is -0.508 e. The summed E-state index contributed by atoms with van der Waals surface area (Å²) in [6.07, 6.45) is 1.58. The van der Waals surface area contributed by atoms with Gasteiger partial charge in [-0.1, -0.05) is 36.4 Å². The Labute approximate surface area is 221 Å². The minimum atomic E-state index is -1.57. The van der Waals surface area contributed by atoms with Gasteiger partial charge in [-0.3, -0.25) is 14.4 Å². The Morgan fingerprint density at radius 2 is 1.81 bits per heavy atom. The first-order chi connectivity index (χ1) is 17.6. The normalized spacial score (nSPS) is 20.5. The molecule has 1 aliphatic carbocycles. The highest BCUT2D eigenvalue weighted by Crippen LogP contribution is 2.40. The van der Waals surface area contributed by atoms with Crippen LogP contribution in [0.15, 0.2) is 48.5 Å². The van der Waals surface area contributed by atoms with Crippen LogP contribution in [-0.4, -0.2) is 67.7 Å². The molecule has 37 heavy (non-hydrogen) atoms. The zero-order valence-electron chi connectivity index (χ0n) is 21.4. The van der Waals surface area contributed by atoms with Gasteiger partial charge < -0.3 is 25.7 Å². The lowest BCUT2D eigenvalue weighted by molar-refractivity contribution is -0.147. The number of thioether (sulfide) groups is 1. The number of phenolic OH excluding ortho intramolecular Hbond substituents is 1. The minimum absolute atomic E-state index is 0.0134. The summed E-state index contributed by atoms with van der Waals surface area (Å²) in [6, 6.07) is 12.4. The van der Waals surface area contributed by atoms with E-state index in [0.717, 1.165) is 24.8 Å². The molecule has 0 bridgehead atoms. The van der Waals surface area contributed by atoms with Crippen LogP contribution < -0.4 is 10.6 Å². The quantitative estimate of drug-likeness (QED) is 0.421. The van der Waals surface area contributed by atoms with E-state index in [4.69, 9.17) is 0 Å². The van der Waals surface area contributed by atoms with E-state index >= 15 is 0 Å². The van der Waals surface area contributed by atoms with Gasteiger partial charge >= 0.3 is 0 Å². The molecule has 3 amide bonds. The lowest BCUT2D eigenvalue weighted by atomic mass is 9.91. The van der Waals surface area contributed by atoms with Gasteiger partial charge in [0.1, 0.15) is 11.8 Å². The van der Waals surface area contributed by atoms with E-state index in [1.807, 2.05) is 44.2 Å². The first-order valence-electron chi connectivity index (χ1n) is 12.6. The van der Waals surface area contributed by atoms with E-state index in [0.29, 0.717) is 5.56 Å². The molecule has 3 atom stereocenters. The second-order valence-electron chi connectivity index (χ2n) is 10.4. The number of hydrogen-bond acceptors (Lipinski definition) is 6. The molecular formula is C28H35N3O5S. The Morgan fingerprint density at radius 1 is 1.11 bits per heavy atom. The van der Waals surface area contributed by atoms with Gasteiger partial charge in [0, 0.05) is 21.9 Å². The molecule has 4 rings (SSSR count). The number of nitrogens with one attached hydrogen (secondary N) is 2. The molecule has 0 radical (unpaired) electrons. The average molecular weight is 526 g/mol. The van der Waals surface area contributed by atoms with Crippen molar-refractivity contribution in [3.8, 4) is 5.75 Å². The summed E-state index contributed by atoms with van der Waals surface area (Å²) < 4.78 is -0.528. The Balaban J connectivity index is 1.57. The van der Waals surface area contributed by atoms with Crippen LogP contribution in [0, 0.1) is 6.92 Å². The van der Waals surface area contributed by atoms with Crippen molar-refractivity contribution in [2.24, 2.45) is 0 Å². The number of amides is 3. The monoisotopic (exact) mass is 525 g/mol. The molecule has 1 saturated carbocycles. The van der Waals surface area contributed by atoms with Crippen LogP contribution >= 0.6 is 11.8 Å². The highest BCUT2D eigenvalue weighted by Gasteiger charge is 2.50.